The Morgan fingerprint density at radius 1 is 1.62 bits per heavy atom. The van der Waals surface area contributed by atoms with Gasteiger partial charge in [0.15, 0.2) is 0 Å². The maximum Gasteiger partial charge on any atom is 0.254 e. The molecule has 1 aromatic heterocycles. The number of aromatic amines is 1. The summed E-state index contributed by atoms with van der Waals surface area (Å²) in [4.78, 5) is 14.0. The molecule has 0 unspecified atom stereocenters. The Morgan fingerprint density at radius 2 is 2.23 bits per heavy atom. The lowest BCUT2D eigenvalue weighted by Gasteiger charge is -2.06. The first-order valence-corrected chi connectivity index (χ1v) is 3.79. The second kappa shape index (κ2) is 4.89. The van der Waals surface area contributed by atoms with Gasteiger partial charge in [0.2, 0.25) is 0 Å². The minimum Gasteiger partial charge on any atom is -0.388 e. The van der Waals surface area contributed by atoms with Crippen molar-refractivity contribution in [1.29, 1.82) is 0 Å². The van der Waals surface area contributed by atoms with Gasteiger partial charge in [-0.2, -0.15) is 0 Å². The van der Waals surface area contributed by atoms with Gasteiger partial charge in [0, 0.05) is 25.0 Å². The second-order valence-corrected chi connectivity index (χ2v) is 2.63. The molecule has 0 aliphatic carbocycles. The molecule has 4 nitrogen and oxygen atoms in total. The molecular formula is C8H14ClN3O. The minimum atomic E-state index is -0.109. The van der Waals surface area contributed by atoms with Crippen molar-refractivity contribution in [2.24, 2.45) is 5.73 Å². The Bertz CT molecular complexity index is 335. The first kappa shape index (κ1) is 12.0. The second-order valence-electron chi connectivity index (χ2n) is 2.63. The molecule has 0 saturated heterocycles. The fraction of sp³-hybridized carbons (Fsp3) is 0.375. The third-order valence-electron chi connectivity index (χ3n) is 1.74. The summed E-state index contributed by atoms with van der Waals surface area (Å²) in [6.45, 7) is 2.09. The van der Waals surface area contributed by atoms with Crippen LogP contribution in [-0.2, 0) is 6.54 Å². The number of pyridine rings is 1. The number of anilines is 1. The van der Waals surface area contributed by atoms with Crippen molar-refractivity contribution in [1.82, 2.24) is 4.98 Å². The molecule has 0 amide bonds. The van der Waals surface area contributed by atoms with E-state index in [1.165, 1.54) is 0 Å². The van der Waals surface area contributed by atoms with Crippen LogP contribution in [0.1, 0.15) is 11.3 Å². The van der Waals surface area contributed by atoms with Crippen molar-refractivity contribution >= 4 is 18.1 Å². The van der Waals surface area contributed by atoms with Crippen molar-refractivity contribution in [3.05, 3.63) is 27.7 Å². The lowest BCUT2D eigenvalue weighted by atomic mass is 10.2. The molecule has 5 heteroatoms. The van der Waals surface area contributed by atoms with Crippen LogP contribution in [0.4, 0.5) is 5.69 Å². The Balaban J connectivity index is 0.00000144. The fourth-order valence-corrected chi connectivity index (χ4v) is 1.14. The molecule has 4 N–H and O–H groups in total. The topological polar surface area (TPSA) is 70.9 Å². The van der Waals surface area contributed by atoms with Crippen LogP contribution in [0, 0.1) is 6.92 Å². The van der Waals surface area contributed by atoms with Crippen LogP contribution in [0.3, 0.4) is 0 Å². The van der Waals surface area contributed by atoms with Crippen molar-refractivity contribution in [2.45, 2.75) is 13.5 Å². The van der Waals surface area contributed by atoms with Crippen LogP contribution in [-0.4, -0.2) is 12.0 Å². The zero-order valence-corrected chi connectivity index (χ0v) is 8.49. The molecule has 0 radical (unpaired) electrons. The summed E-state index contributed by atoms with van der Waals surface area (Å²) in [5, 5.41) is 2.93. The Kier molecular flexibility index (Phi) is 4.51. The molecule has 0 spiro atoms. The average molecular weight is 204 g/mol. The molecule has 1 aromatic rings. The zero-order valence-electron chi connectivity index (χ0n) is 7.68. The van der Waals surface area contributed by atoms with E-state index in [0.717, 1.165) is 11.4 Å². The van der Waals surface area contributed by atoms with Crippen LogP contribution < -0.4 is 16.6 Å². The Hall–Kier alpha value is -1.00. The number of aromatic nitrogens is 1. The maximum atomic E-state index is 11.3. The van der Waals surface area contributed by atoms with Crippen molar-refractivity contribution < 1.29 is 0 Å². The average Bonchev–Trinajstić information content (AvgIpc) is 2.03. The van der Waals surface area contributed by atoms with E-state index in [2.05, 4.69) is 10.3 Å². The van der Waals surface area contributed by atoms with Crippen LogP contribution >= 0.6 is 12.4 Å². The van der Waals surface area contributed by atoms with Gasteiger partial charge in [-0.05, 0) is 13.0 Å². The van der Waals surface area contributed by atoms with Gasteiger partial charge in [-0.1, -0.05) is 0 Å². The normalized spacial score (nSPS) is 9.15. The largest absolute Gasteiger partial charge is 0.388 e. The third-order valence-corrected chi connectivity index (χ3v) is 1.74. The molecule has 0 fully saturated rings. The number of halogens is 1. The molecule has 74 valence electrons. The predicted molar refractivity (Wildman–Crippen MR) is 56.5 cm³/mol. The van der Waals surface area contributed by atoms with E-state index in [0.29, 0.717) is 5.56 Å². The third kappa shape index (κ3) is 2.47. The van der Waals surface area contributed by atoms with Gasteiger partial charge in [-0.15, -0.1) is 12.4 Å². The van der Waals surface area contributed by atoms with Gasteiger partial charge >= 0.3 is 0 Å². The first-order chi connectivity index (χ1) is 5.69. The summed E-state index contributed by atoms with van der Waals surface area (Å²) < 4.78 is 0. The van der Waals surface area contributed by atoms with Crippen LogP contribution in [0.15, 0.2) is 10.9 Å². The van der Waals surface area contributed by atoms with Gasteiger partial charge in [-0.25, -0.2) is 0 Å². The van der Waals surface area contributed by atoms with Gasteiger partial charge in [0.25, 0.3) is 5.56 Å². The number of aryl methyl sites for hydroxylation is 1. The van der Waals surface area contributed by atoms with Gasteiger partial charge < -0.3 is 16.0 Å². The fourth-order valence-electron chi connectivity index (χ4n) is 1.14. The summed E-state index contributed by atoms with van der Waals surface area (Å²) in [5.74, 6) is 0. The first-order valence-electron chi connectivity index (χ1n) is 3.79. The van der Waals surface area contributed by atoms with Crippen LogP contribution in [0.25, 0.3) is 0 Å². The van der Waals surface area contributed by atoms with Gasteiger partial charge in [-0.3, -0.25) is 4.79 Å². The van der Waals surface area contributed by atoms with Gasteiger partial charge in [0.05, 0.1) is 5.56 Å². The molecule has 0 atom stereocenters. The predicted octanol–water partition coefficient (Wildman–Crippen LogP) is 0.606. The summed E-state index contributed by atoms with van der Waals surface area (Å²) in [7, 11) is 1.77. The number of H-pyrrole nitrogens is 1. The molecule has 0 saturated carbocycles. The quantitative estimate of drug-likeness (QED) is 0.660. The molecule has 0 aliphatic rings. The summed E-state index contributed by atoms with van der Waals surface area (Å²) in [5.41, 5.74) is 7.55. The lowest BCUT2D eigenvalue weighted by Crippen LogP contribution is -2.19. The highest BCUT2D eigenvalue weighted by molar-refractivity contribution is 5.85. The van der Waals surface area contributed by atoms with E-state index in [-0.39, 0.29) is 24.5 Å². The molecule has 1 heterocycles. The van der Waals surface area contributed by atoms with E-state index in [4.69, 9.17) is 5.73 Å². The molecule has 0 bridgehead atoms. The summed E-state index contributed by atoms with van der Waals surface area (Å²) in [6.07, 6.45) is 0. The van der Waals surface area contributed by atoms with Gasteiger partial charge in [0.1, 0.15) is 0 Å². The van der Waals surface area contributed by atoms with E-state index >= 15 is 0 Å². The van der Waals surface area contributed by atoms with E-state index in [1.807, 2.05) is 13.0 Å². The summed E-state index contributed by atoms with van der Waals surface area (Å²) in [6, 6.07) is 1.86. The monoisotopic (exact) mass is 203 g/mol. The smallest absolute Gasteiger partial charge is 0.254 e. The number of rotatable bonds is 2. The van der Waals surface area contributed by atoms with Crippen molar-refractivity contribution in [3.8, 4) is 0 Å². The molecule has 0 aliphatic heterocycles. The van der Waals surface area contributed by atoms with Crippen molar-refractivity contribution in [3.63, 3.8) is 0 Å². The standard InChI is InChI=1S/C8H13N3O.ClH/c1-5-3-7(10-2)6(4-9)8(12)11-5;/h3H,4,9H2,1-2H3,(H2,10,11,12);1H. The highest BCUT2D eigenvalue weighted by Gasteiger charge is 2.03. The highest BCUT2D eigenvalue weighted by Crippen LogP contribution is 2.09. The van der Waals surface area contributed by atoms with Crippen LogP contribution in [0.2, 0.25) is 0 Å². The number of nitrogens with two attached hydrogens (primary N) is 1. The number of hydrogen-bond donors (Lipinski definition) is 3. The Labute approximate surface area is 83.0 Å². The maximum absolute atomic E-state index is 11.3. The number of nitrogens with one attached hydrogen (secondary N) is 2. The molecule has 13 heavy (non-hydrogen) atoms. The molecule has 1 rings (SSSR count). The molecular weight excluding hydrogens is 190 g/mol. The highest BCUT2D eigenvalue weighted by atomic mass is 35.5. The lowest BCUT2D eigenvalue weighted by molar-refractivity contribution is 0.998. The van der Waals surface area contributed by atoms with E-state index in [9.17, 15) is 4.79 Å². The summed E-state index contributed by atoms with van der Waals surface area (Å²) >= 11 is 0. The van der Waals surface area contributed by atoms with Crippen LogP contribution in [0.5, 0.6) is 0 Å². The Morgan fingerprint density at radius 3 is 2.69 bits per heavy atom. The minimum absolute atomic E-state index is 0. The van der Waals surface area contributed by atoms with Crippen molar-refractivity contribution in [2.75, 3.05) is 12.4 Å². The zero-order chi connectivity index (χ0) is 9.14. The SMILES string of the molecule is CNc1cc(C)[nH]c(=O)c1CN.Cl. The van der Waals surface area contributed by atoms with E-state index in [1.54, 1.807) is 7.05 Å². The number of hydrogen-bond acceptors (Lipinski definition) is 3. The van der Waals surface area contributed by atoms with E-state index < -0.39 is 0 Å². The molecule has 0 aromatic carbocycles.